The minimum absolute atomic E-state index is 0.0533. The maximum atomic E-state index is 14.6. The molecule has 0 fully saturated rings. The highest BCUT2D eigenvalue weighted by Crippen LogP contribution is 2.32. The Labute approximate surface area is 245 Å². The van der Waals surface area contributed by atoms with Gasteiger partial charge >= 0.3 is 0 Å². The smallest absolute Gasteiger partial charge is 0.224 e. The first kappa shape index (κ1) is 27.3. The highest BCUT2D eigenvalue weighted by molar-refractivity contribution is 5.85. The predicted octanol–water partition coefficient (Wildman–Crippen LogP) is 5.25. The molecule has 0 aliphatic heterocycles. The number of fused-ring (bicyclic) bond motifs is 1. The summed E-state index contributed by atoms with van der Waals surface area (Å²) in [4.78, 5) is 37.3. The number of aromatic hydroxyl groups is 1. The van der Waals surface area contributed by atoms with E-state index in [1.54, 1.807) is 48.7 Å². The number of nitrogen functional groups attached to an aromatic ring is 1. The van der Waals surface area contributed by atoms with Gasteiger partial charge in [-0.15, -0.1) is 0 Å². The number of anilines is 1. The van der Waals surface area contributed by atoms with Crippen LogP contribution in [0.3, 0.4) is 0 Å². The molecular weight excluding hydrogens is 547 g/mol. The molecule has 0 spiro atoms. The third kappa shape index (κ3) is 5.53. The lowest BCUT2D eigenvalue weighted by Gasteiger charge is -2.12. The van der Waals surface area contributed by atoms with E-state index in [1.165, 1.54) is 18.2 Å². The number of nitrogens with one attached hydrogen (secondary N) is 1. The predicted molar refractivity (Wildman–Crippen MR) is 161 cm³/mol. The van der Waals surface area contributed by atoms with Gasteiger partial charge in [0.2, 0.25) is 5.91 Å². The Kier molecular flexibility index (Phi) is 7.32. The number of amides is 1. The molecule has 6 aromatic rings. The average Bonchev–Trinajstić information content (AvgIpc) is 3.39. The second kappa shape index (κ2) is 11.5. The molecule has 9 nitrogen and oxygen atoms in total. The van der Waals surface area contributed by atoms with Gasteiger partial charge in [0.25, 0.3) is 0 Å². The van der Waals surface area contributed by atoms with Gasteiger partial charge in [0, 0.05) is 24.0 Å². The Balaban J connectivity index is 1.30. The van der Waals surface area contributed by atoms with Crippen LogP contribution in [-0.2, 0) is 17.8 Å². The van der Waals surface area contributed by atoms with Crippen molar-refractivity contribution in [1.29, 1.82) is 0 Å². The van der Waals surface area contributed by atoms with Gasteiger partial charge in [0.15, 0.2) is 17.8 Å². The van der Waals surface area contributed by atoms with E-state index >= 15 is 0 Å². The Bertz CT molecular complexity index is 1990. The lowest BCUT2D eigenvalue weighted by molar-refractivity contribution is -0.120. The van der Waals surface area contributed by atoms with Gasteiger partial charge in [-0.25, -0.2) is 19.3 Å². The summed E-state index contributed by atoms with van der Waals surface area (Å²) < 4.78 is 16.5. The van der Waals surface area contributed by atoms with Crippen LogP contribution < -0.4 is 11.1 Å². The van der Waals surface area contributed by atoms with Gasteiger partial charge in [0.1, 0.15) is 22.9 Å². The molecule has 0 atom stereocenters. The van der Waals surface area contributed by atoms with Crippen molar-refractivity contribution in [3.63, 3.8) is 0 Å². The molecule has 0 saturated heterocycles. The average molecular weight is 573 g/mol. The third-order valence-corrected chi connectivity index (χ3v) is 7.00. The Hall–Kier alpha value is -5.90. The third-order valence-electron chi connectivity index (χ3n) is 7.00. The van der Waals surface area contributed by atoms with Crippen LogP contribution in [0.2, 0.25) is 0 Å². The van der Waals surface area contributed by atoms with Crippen molar-refractivity contribution in [3.8, 4) is 34.1 Å². The maximum absolute atomic E-state index is 14.6. The van der Waals surface area contributed by atoms with E-state index in [2.05, 4.69) is 10.3 Å². The van der Waals surface area contributed by atoms with Crippen LogP contribution in [0.5, 0.6) is 5.75 Å². The Morgan fingerprint density at radius 2 is 1.70 bits per heavy atom. The molecule has 3 heterocycles. The fourth-order valence-corrected chi connectivity index (χ4v) is 4.82. The zero-order valence-electron chi connectivity index (χ0n) is 22.7. The number of aromatic nitrogens is 4. The van der Waals surface area contributed by atoms with E-state index in [0.717, 1.165) is 11.3 Å². The molecule has 0 saturated carbocycles. The van der Waals surface area contributed by atoms with Gasteiger partial charge in [-0.05, 0) is 71.8 Å². The molecule has 4 N–H and O–H groups in total. The molecule has 10 heteroatoms. The summed E-state index contributed by atoms with van der Waals surface area (Å²) in [5, 5.41) is 12.7. The highest BCUT2D eigenvalue weighted by Gasteiger charge is 2.19. The van der Waals surface area contributed by atoms with E-state index in [1.807, 2.05) is 34.9 Å². The standard InChI is InChI=1S/C33H25FN6O3/c34-26-6-2-1-4-24(26)27-13-14-28-33(38-27)40(32(39-28)25-5-3-15-36-31(25)35)23-11-8-20(9-12-23)18-37-30(43)17-21-7-10-22(19-41)29(42)16-21/h1-16,19,42H,17-18H2,(H2,35,36)(H,37,43). The molecule has 43 heavy (non-hydrogen) atoms. The molecule has 1 amide bonds. The number of pyridine rings is 2. The number of phenolic OH excluding ortho intramolecular Hbond substituents is 1. The number of rotatable bonds is 8. The second-order valence-corrected chi connectivity index (χ2v) is 9.86. The summed E-state index contributed by atoms with van der Waals surface area (Å²) >= 11 is 0. The quantitative estimate of drug-likeness (QED) is 0.212. The molecule has 3 aromatic carbocycles. The van der Waals surface area contributed by atoms with Crippen molar-refractivity contribution in [1.82, 2.24) is 24.8 Å². The van der Waals surface area contributed by atoms with E-state index in [-0.39, 0.29) is 36.0 Å². The number of halogens is 1. The number of carbonyl (C=O) groups is 2. The number of carbonyl (C=O) groups excluding carboxylic acids is 2. The molecular formula is C33H25FN6O3. The monoisotopic (exact) mass is 572 g/mol. The summed E-state index contributed by atoms with van der Waals surface area (Å²) in [6, 6.07) is 25.6. The zero-order chi connectivity index (χ0) is 29.9. The van der Waals surface area contributed by atoms with Gasteiger partial charge < -0.3 is 16.2 Å². The van der Waals surface area contributed by atoms with Crippen LogP contribution >= 0.6 is 0 Å². The molecule has 6 rings (SSSR count). The van der Waals surface area contributed by atoms with Crippen LogP contribution in [0.1, 0.15) is 21.5 Å². The number of aldehydes is 1. The Morgan fingerprint density at radius 3 is 2.44 bits per heavy atom. The van der Waals surface area contributed by atoms with Crippen LogP contribution in [0.4, 0.5) is 10.2 Å². The van der Waals surface area contributed by atoms with E-state index in [9.17, 15) is 19.1 Å². The first-order valence-corrected chi connectivity index (χ1v) is 13.4. The summed E-state index contributed by atoms with van der Waals surface area (Å²) in [7, 11) is 0. The number of phenols is 1. The van der Waals surface area contributed by atoms with E-state index in [4.69, 9.17) is 15.7 Å². The number of imidazole rings is 1. The van der Waals surface area contributed by atoms with E-state index < -0.39 is 0 Å². The number of nitrogens with zero attached hydrogens (tertiary/aromatic N) is 4. The molecule has 0 unspecified atom stereocenters. The SMILES string of the molecule is Nc1ncccc1-c1nc2ccc(-c3ccccc3F)nc2n1-c1ccc(CNC(=O)Cc2ccc(C=O)c(O)c2)cc1. The lowest BCUT2D eigenvalue weighted by Crippen LogP contribution is -2.24. The lowest BCUT2D eigenvalue weighted by atomic mass is 10.1. The van der Waals surface area contributed by atoms with Gasteiger partial charge in [0.05, 0.1) is 23.2 Å². The minimum atomic E-state index is -0.377. The fourth-order valence-electron chi connectivity index (χ4n) is 4.82. The van der Waals surface area contributed by atoms with E-state index in [0.29, 0.717) is 51.5 Å². The number of nitrogens with two attached hydrogens (primary N) is 1. The van der Waals surface area contributed by atoms with Crippen LogP contribution in [0.25, 0.3) is 39.5 Å². The zero-order valence-corrected chi connectivity index (χ0v) is 22.7. The summed E-state index contributed by atoms with van der Waals surface area (Å²) in [6.45, 7) is 0.278. The Morgan fingerprint density at radius 1 is 0.930 bits per heavy atom. The van der Waals surface area contributed by atoms with Crippen molar-refractivity contribution in [3.05, 3.63) is 120 Å². The molecule has 0 bridgehead atoms. The van der Waals surface area contributed by atoms with Crippen molar-refractivity contribution in [2.45, 2.75) is 13.0 Å². The number of hydrogen-bond acceptors (Lipinski definition) is 7. The molecule has 0 radical (unpaired) electrons. The van der Waals surface area contributed by atoms with Crippen molar-refractivity contribution < 1.29 is 19.1 Å². The van der Waals surface area contributed by atoms with Crippen LogP contribution in [-0.4, -0.2) is 36.8 Å². The van der Waals surface area contributed by atoms with Crippen molar-refractivity contribution in [2.75, 3.05) is 5.73 Å². The first-order chi connectivity index (χ1) is 20.9. The topological polar surface area (TPSA) is 136 Å². The molecule has 0 aliphatic rings. The fraction of sp³-hybridized carbons (Fsp3) is 0.0606. The minimum Gasteiger partial charge on any atom is -0.507 e. The number of benzene rings is 3. The van der Waals surface area contributed by atoms with Crippen molar-refractivity contribution in [2.24, 2.45) is 0 Å². The van der Waals surface area contributed by atoms with Crippen LogP contribution in [0, 0.1) is 5.82 Å². The normalized spacial score (nSPS) is 11.0. The molecule has 212 valence electrons. The number of hydrogen-bond donors (Lipinski definition) is 3. The highest BCUT2D eigenvalue weighted by atomic mass is 19.1. The van der Waals surface area contributed by atoms with Crippen molar-refractivity contribution >= 4 is 29.2 Å². The largest absolute Gasteiger partial charge is 0.507 e. The van der Waals surface area contributed by atoms with Gasteiger partial charge in [-0.2, -0.15) is 0 Å². The van der Waals surface area contributed by atoms with Crippen LogP contribution in [0.15, 0.2) is 97.2 Å². The summed E-state index contributed by atoms with van der Waals surface area (Å²) in [6.07, 6.45) is 2.21. The summed E-state index contributed by atoms with van der Waals surface area (Å²) in [5.74, 6) is 0.0665. The first-order valence-electron chi connectivity index (χ1n) is 13.4. The maximum Gasteiger partial charge on any atom is 0.224 e. The molecule has 3 aromatic heterocycles. The van der Waals surface area contributed by atoms with Gasteiger partial charge in [-0.3, -0.25) is 14.2 Å². The molecule has 0 aliphatic carbocycles. The van der Waals surface area contributed by atoms with Gasteiger partial charge in [-0.1, -0.05) is 30.3 Å². The second-order valence-electron chi connectivity index (χ2n) is 9.86. The summed E-state index contributed by atoms with van der Waals surface area (Å²) in [5.41, 5.74) is 11.2.